The third-order valence-corrected chi connectivity index (χ3v) is 7.20. The van der Waals surface area contributed by atoms with Gasteiger partial charge in [0.05, 0.1) is 37.0 Å². The van der Waals surface area contributed by atoms with Gasteiger partial charge in [0.1, 0.15) is 11.4 Å². The number of pyridine rings is 1. The number of fused-ring (bicyclic) bond motifs is 1. The SMILES string of the molecule is COc1cc(N2CCN(C(C)(C)CO)CC2)ccc1Nc1ncc(C)c(-c2cnc3cc(C)ccn23)n1. The molecule has 9 heteroatoms. The van der Waals surface area contributed by atoms with Crippen molar-refractivity contribution in [1.29, 1.82) is 0 Å². The minimum absolute atomic E-state index is 0.154. The lowest BCUT2D eigenvalue weighted by atomic mass is 10.0. The highest BCUT2D eigenvalue weighted by molar-refractivity contribution is 5.70. The Bertz CT molecular complexity index is 1410. The van der Waals surface area contributed by atoms with E-state index >= 15 is 0 Å². The second kappa shape index (κ2) is 9.99. The average molecular weight is 502 g/mol. The number of piperazine rings is 1. The highest BCUT2D eigenvalue weighted by Crippen LogP contribution is 2.33. The van der Waals surface area contributed by atoms with Crippen LogP contribution in [-0.4, -0.2) is 74.8 Å². The van der Waals surface area contributed by atoms with Crippen LogP contribution in [0.15, 0.2) is 48.9 Å². The zero-order chi connectivity index (χ0) is 26.2. The van der Waals surface area contributed by atoms with Crippen LogP contribution in [0.1, 0.15) is 25.0 Å². The first-order chi connectivity index (χ1) is 17.8. The lowest BCUT2D eigenvalue weighted by Gasteiger charge is -2.44. The molecule has 0 aliphatic carbocycles. The topological polar surface area (TPSA) is 91.0 Å². The maximum Gasteiger partial charge on any atom is 0.227 e. The van der Waals surface area contributed by atoms with Gasteiger partial charge in [-0.15, -0.1) is 0 Å². The van der Waals surface area contributed by atoms with Crippen LogP contribution >= 0.6 is 0 Å². The standard InChI is InChI=1S/C28H35N7O2/c1-19-8-9-35-23(17-29-25(35)14-19)26-20(2)16-30-27(32-26)31-22-7-6-21(15-24(22)37-5)33-10-12-34(13-11-33)28(3,4)18-36/h6-9,14-17,36H,10-13,18H2,1-5H3,(H,30,31,32). The number of anilines is 3. The molecule has 0 bridgehead atoms. The molecule has 1 aromatic carbocycles. The lowest BCUT2D eigenvalue weighted by Crippen LogP contribution is -2.56. The van der Waals surface area contributed by atoms with Crippen LogP contribution in [0.3, 0.4) is 0 Å². The molecule has 1 aliphatic heterocycles. The van der Waals surface area contributed by atoms with E-state index in [0.29, 0.717) is 5.95 Å². The van der Waals surface area contributed by atoms with Crippen molar-refractivity contribution in [1.82, 2.24) is 24.3 Å². The number of benzene rings is 1. The zero-order valence-electron chi connectivity index (χ0n) is 22.2. The molecule has 0 atom stereocenters. The van der Waals surface area contributed by atoms with E-state index in [1.807, 2.05) is 36.0 Å². The summed E-state index contributed by atoms with van der Waals surface area (Å²) in [5.74, 6) is 1.22. The van der Waals surface area contributed by atoms with Crippen LogP contribution < -0.4 is 15.0 Å². The van der Waals surface area contributed by atoms with Gasteiger partial charge in [-0.05, 0) is 63.1 Å². The summed E-state index contributed by atoms with van der Waals surface area (Å²) in [5.41, 5.74) is 6.48. The van der Waals surface area contributed by atoms with Crippen molar-refractivity contribution in [3.05, 3.63) is 60.0 Å². The Balaban J connectivity index is 1.36. The number of hydrogen-bond acceptors (Lipinski definition) is 8. The predicted octanol–water partition coefficient (Wildman–Crippen LogP) is 4.05. The molecular weight excluding hydrogens is 466 g/mol. The molecule has 0 unspecified atom stereocenters. The number of aromatic nitrogens is 4. The second-order valence-electron chi connectivity index (χ2n) is 10.3. The summed E-state index contributed by atoms with van der Waals surface area (Å²) in [6.45, 7) is 12.0. The third kappa shape index (κ3) is 4.97. The maximum atomic E-state index is 9.70. The largest absolute Gasteiger partial charge is 0.494 e. The number of hydrogen-bond donors (Lipinski definition) is 2. The van der Waals surface area contributed by atoms with Gasteiger partial charge in [0.25, 0.3) is 0 Å². The maximum absolute atomic E-state index is 9.70. The Morgan fingerprint density at radius 2 is 1.81 bits per heavy atom. The highest BCUT2D eigenvalue weighted by Gasteiger charge is 2.29. The number of imidazole rings is 1. The summed E-state index contributed by atoms with van der Waals surface area (Å²) in [6, 6.07) is 10.3. The molecule has 1 aliphatic rings. The molecule has 1 fully saturated rings. The number of aryl methyl sites for hydroxylation is 2. The monoisotopic (exact) mass is 501 g/mol. The van der Waals surface area contributed by atoms with Crippen LogP contribution in [0.4, 0.5) is 17.3 Å². The predicted molar refractivity (Wildman–Crippen MR) is 147 cm³/mol. The molecule has 0 spiro atoms. The Kier molecular flexibility index (Phi) is 6.74. The Hall–Kier alpha value is -3.69. The van der Waals surface area contributed by atoms with Gasteiger partial charge in [-0.25, -0.2) is 15.0 Å². The van der Waals surface area contributed by atoms with Gasteiger partial charge in [-0.1, -0.05) is 0 Å². The molecule has 9 nitrogen and oxygen atoms in total. The van der Waals surface area contributed by atoms with Crippen molar-refractivity contribution in [2.45, 2.75) is 33.2 Å². The summed E-state index contributed by atoms with van der Waals surface area (Å²) >= 11 is 0. The summed E-state index contributed by atoms with van der Waals surface area (Å²) in [7, 11) is 1.67. The average Bonchev–Trinajstić information content (AvgIpc) is 3.32. The van der Waals surface area contributed by atoms with Crippen LogP contribution in [0.5, 0.6) is 5.75 Å². The van der Waals surface area contributed by atoms with E-state index in [-0.39, 0.29) is 12.1 Å². The highest BCUT2D eigenvalue weighted by atomic mass is 16.5. The molecule has 2 N–H and O–H groups in total. The summed E-state index contributed by atoms with van der Waals surface area (Å²) < 4.78 is 7.78. The molecule has 4 heterocycles. The van der Waals surface area contributed by atoms with E-state index in [0.717, 1.165) is 71.5 Å². The van der Waals surface area contributed by atoms with E-state index in [2.05, 4.69) is 70.1 Å². The van der Waals surface area contributed by atoms with Gasteiger partial charge in [-0.3, -0.25) is 9.30 Å². The summed E-state index contributed by atoms with van der Waals surface area (Å²) in [5, 5.41) is 13.0. The number of nitrogens with one attached hydrogen (secondary N) is 1. The van der Waals surface area contributed by atoms with Gasteiger partial charge in [-0.2, -0.15) is 0 Å². The minimum atomic E-state index is -0.202. The summed E-state index contributed by atoms with van der Waals surface area (Å²) in [6.07, 6.45) is 5.70. The van der Waals surface area contributed by atoms with E-state index in [4.69, 9.17) is 9.72 Å². The number of aliphatic hydroxyl groups excluding tert-OH is 1. The molecule has 4 aromatic rings. The number of methoxy groups -OCH3 is 1. The van der Waals surface area contributed by atoms with Gasteiger partial charge >= 0.3 is 0 Å². The fraction of sp³-hybridized carbons (Fsp3) is 0.393. The Morgan fingerprint density at radius 1 is 1.03 bits per heavy atom. The molecule has 37 heavy (non-hydrogen) atoms. The van der Waals surface area contributed by atoms with Crippen LogP contribution in [0, 0.1) is 13.8 Å². The first-order valence-corrected chi connectivity index (χ1v) is 12.6. The number of ether oxygens (including phenoxy) is 1. The normalized spacial score (nSPS) is 14.8. The van der Waals surface area contributed by atoms with Crippen molar-refractivity contribution >= 4 is 23.0 Å². The Morgan fingerprint density at radius 3 is 2.54 bits per heavy atom. The van der Waals surface area contributed by atoms with E-state index in [1.165, 1.54) is 0 Å². The van der Waals surface area contributed by atoms with Gasteiger partial charge in [0, 0.05) is 55.9 Å². The van der Waals surface area contributed by atoms with Crippen molar-refractivity contribution in [3.63, 3.8) is 0 Å². The van der Waals surface area contributed by atoms with Crippen molar-refractivity contribution < 1.29 is 9.84 Å². The molecule has 0 radical (unpaired) electrons. The van der Waals surface area contributed by atoms with Gasteiger partial charge < -0.3 is 20.1 Å². The smallest absolute Gasteiger partial charge is 0.227 e. The minimum Gasteiger partial charge on any atom is -0.494 e. The fourth-order valence-corrected chi connectivity index (χ4v) is 4.79. The Labute approximate surface area is 217 Å². The van der Waals surface area contributed by atoms with Crippen molar-refractivity contribution in [3.8, 4) is 17.1 Å². The molecule has 0 amide bonds. The van der Waals surface area contributed by atoms with E-state index in [9.17, 15) is 5.11 Å². The van der Waals surface area contributed by atoms with Gasteiger partial charge in [0.2, 0.25) is 5.95 Å². The number of aliphatic hydroxyl groups is 1. The fourth-order valence-electron chi connectivity index (χ4n) is 4.79. The second-order valence-corrected chi connectivity index (χ2v) is 10.3. The van der Waals surface area contributed by atoms with E-state index < -0.39 is 0 Å². The van der Waals surface area contributed by atoms with E-state index in [1.54, 1.807) is 7.11 Å². The molecule has 1 saturated heterocycles. The van der Waals surface area contributed by atoms with Crippen molar-refractivity contribution in [2.75, 3.05) is 50.1 Å². The molecule has 194 valence electrons. The lowest BCUT2D eigenvalue weighted by molar-refractivity contribution is 0.0527. The molecular formula is C28H35N7O2. The molecule has 5 rings (SSSR count). The van der Waals surface area contributed by atoms with Crippen LogP contribution in [-0.2, 0) is 0 Å². The third-order valence-electron chi connectivity index (χ3n) is 7.20. The number of nitrogens with zero attached hydrogens (tertiary/aromatic N) is 6. The van der Waals surface area contributed by atoms with Crippen LogP contribution in [0.2, 0.25) is 0 Å². The summed E-state index contributed by atoms with van der Waals surface area (Å²) in [4.78, 5) is 18.6. The number of rotatable bonds is 7. The van der Waals surface area contributed by atoms with Crippen LogP contribution in [0.25, 0.3) is 17.0 Å². The van der Waals surface area contributed by atoms with Gasteiger partial charge in [0.15, 0.2) is 0 Å². The first-order valence-electron chi connectivity index (χ1n) is 12.6. The zero-order valence-corrected chi connectivity index (χ0v) is 22.2. The molecule has 0 saturated carbocycles. The van der Waals surface area contributed by atoms with Crippen molar-refractivity contribution in [2.24, 2.45) is 0 Å². The first kappa shape index (κ1) is 25.0. The molecule has 3 aromatic heterocycles. The quantitative estimate of drug-likeness (QED) is 0.392.